The van der Waals surface area contributed by atoms with Gasteiger partial charge >= 0.3 is 0 Å². The predicted molar refractivity (Wildman–Crippen MR) is 123 cm³/mol. The lowest BCUT2D eigenvalue weighted by Crippen LogP contribution is -2.30. The van der Waals surface area contributed by atoms with E-state index in [1.807, 2.05) is 84.9 Å². The van der Waals surface area contributed by atoms with Crippen molar-refractivity contribution in [3.63, 3.8) is 0 Å². The van der Waals surface area contributed by atoms with Crippen molar-refractivity contribution in [3.8, 4) is 5.75 Å². The number of methoxy groups -OCH3 is 1. The third-order valence-corrected chi connectivity index (χ3v) is 4.95. The van der Waals surface area contributed by atoms with E-state index >= 15 is 0 Å². The number of benzene rings is 3. The number of ether oxygens (including phenoxy) is 1. The van der Waals surface area contributed by atoms with Crippen molar-refractivity contribution in [2.45, 2.75) is 6.04 Å². The molecule has 154 valence electrons. The summed E-state index contributed by atoms with van der Waals surface area (Å²) in [4.78, 5) is 17.7. The molecule has 5 heteroatoms. The highest BCUT2D eigenvalue weighted by Crippen LogP contribution is 2.25. The summed E-state index contributed by atoms with van der Waals surface area (Å²) in [5, 5.41) is 6.40. The third-order valence-electron chi connectivity index (χ3n) is 4.95. The Morgan fingerprint density at radius 1 is 0.806 bits per heavy atom. The number of nitrogens with zero attached hydrogens (tertiary/aromatic N) is 1. The zero-order valence-corrected chi connectivity index (χ0v) is 17.2. The molecular formula is C26H23N3O2. The molecule has 0 aliphatic carbocycles. The van der Waals surface area contributed by atoms with Gasteiger partial charge in [-0.1, -0.05) is 60.7 Å². The smallest absolute Gasteiger partial charge is 0.255 e. The van der Waals surface area contributed by atoms with Gasteiger partial charge in [-0.25, -0.2) is 4.98 Å². The average Bonchev–Trinajstić information content (AvgIpc) is 2.84. The molecule has 2 N–H and O–H groups in total. The van der Waals surface area contributed by atoms with Crippen LogP contribution in [0.25, 0.3) is 0 Å². The van der Waals surface area contributed by atoms with E-state index in [-0.39, 0.29) is 11.9 Å². The van der Waals surface area contributed by atoms with Crippen molar-refractivity contribution in [2.24, 2.45) is 0 Å². The maximum Gasteiger partial charge on any atom is 0.255 e. The van der Waals surface area contributed by atoms with Crippen molar-refractivity contribution in [3.05, 3.63) is 120 Å². The van der Waals surface area contributed by atoms with Gasteiger partial charge in [-0.3, -0.25) is 4.79 Å². The fraction of sp³-hybridized carbons (Fsp3) is 0.0769. The topological polar surface area (TPSA) is 63.2 Å². The molecule has 4 aromatic rings. The molecule has 1 heterocycles. The first-order valence-corrected chi connectivity index (χ1v) is 10.0. The van der Waals surface area contributed by atoms with Crippen LogP contribution in [0.1, 0.15) is 27.5 Å². The van der Waals surface area contributed by atoms with Crippen molar-refractivity contribution >= 4 is 17.4 Å². The number of carbonyl (C=O) groups is 1. The van der Waals surface area contributed by atoms with Crippen molar-refractivity contribution < 1.29 is 9.53 Å². The van der Waals surface area contributed by atoms with E-state index < -0.39 is 0 Å². The second-order valence-corrected chi connectivity index (χ2v) is 6.98. The molecule has 0 aliphatic rings. The maximum atomic E-state index is 13.3. The highest BCUT2D eigenvalue weighted by molar-refractivity contribution is 5.99. The molecule has 0 spiro atoms. The number of nitrogens with one attached hydrogen (secondary N) is 2. The summed E-state index contributed by atoms with van der Waals surface area (Å²) in [6.45, 7) is 0. The molecule has 0 bridgehead atoms. The summed E-state index contributed by atoms with van der Waals surface area (Å²) in [5.74, 6) is 1.05. The van der Waals surface area contributed by atoms with Gasteiger partial charge < -0.3 is 15.4 Å². The van der Waals surface area contributed by atoms with Gasteiger partial charge in [0.1, 0.15) is 11.6 Å². The van der Waals surface area contributed by atoms with Crippen LogP contribution in [0, 0.1) is 0 Å². The van der Waals surface area contributed by atoms with Crippen molar-refractivity contribution in [1.29, 1.82) is 0 Å². The number of hydrogen-bond acceptors (Lipinski definition) is 4. The summed E-state index contributed by atoms with van der Waals surface area (Å²) in [7, 11) is 1.62. The lowest BCUT2D eigenvalue weighted by Gasteiger charge is -2.21. The summed E-state index contributed by atoms with van der Waals surface area (Å²) in [6, 6.07) is 30.6. The fourth-order valence-electron chi connectivity index (χ4n) is 3.36. The number of anilines is 2. The fourth-order valence-corrected chi connectivity index (χ4v) is 3.36. The third kappa shape index (κ3) is 4.90. The Morgan fingerprint density at radius 3 is 2.00 bits per heavy atom. The molecule has 1 amide bonds. The minimum Gasteiger partial charge on any atom is -0.497 e. The van der Waals surface area contributed by atoms with Crippen molar-refractivity contribution in [1.82, 2.24) is 10.3 Å². The molecule has 1 aromatic heterocycles. The second-order valence-electron chi connectivity index (χ2n) is 6.98. The summed E-state index contributed by atoms with van der Waals surface area (Å²) in [5.41, 5.74) is 3.30. The number of pyridine rings is 1. The van der Waals surface area contributed by atoms with Crippen LogP contribution in [-0.2, 0) is 0 Å². The lowest BCUT2D eigenvalue weighted by molar-refractivity contribution is 0.0943. The molecule has 0 radical (unpaired) electrons. The van der Waals surface area contributed by atoms with Gasteiger partial charge in [0.05, 0.1) is 18.7 Å². The molecule has 0 atom stereocenters. The van der Waals surface area contributed by atoms with Crippen molar-refractivity contribution in [2.75, 3.05) is 12.4 Å². The van der Waals surface area contributed by atoms with E-state index in [0.717, 1.165) is 22.6 Å². The van der Waals surface area contributed by atoms with Crippen LogP contribution in [0.5, 0.6) is 5.75 Å². The number of rotatable bonds is 7. The first kappa shape index (κ1) is 20.2. The molecule has 0 fully saturated rings. The van der Waals surface area contributed by atoms with E-state index in [2.05, 4.69) is 15.6 Å². The monoisotopic (exact) mass is 409 g/mol. The van der Waals surface area contributed by atoms with Gasteiger partial charge in [0, 0.05) is 11.9 Å². The zero-order chi connectivity index (χ0) is 21.5. The highest BCUT2D eigenvalue weighted by atomic mass is 16.5. The van der Waals surface area contributed by atoms with Crippen LogP contribution in [0.15, 0.2) is 103 Å². The van der Waals surface area contributed by atoms with Crippen LogP contribution >= 0.6 is 0 Å². The molecule has 0 unspecified atom stereocenters. The minimum absolute atomic E-state index is 0.207. The van der Waals surface area contributed by atoms with Gasteiger partial charge in [0.2, 0.25) is 0 Å². The largest absolute Gasteiger partial charge is 0.497 e. The van der Waals surface area contributed by atoms with Gasteiger partial charge in [-0.05, 0) is 47.5 Å². The molecule has 31 heavy (non-hydrogen) atoms. The second kappa shape index (κ2) is 9.59. The summed E-state index contributed by atoms with van der Waals surface area (Å²) in [6.07, 6.45) is 1.66. The Labute approximate surface area is 181 Å². The van der Waals surface area contributed by atoms with Gasteiger partial charge in [-0.15, -0.1) is 0 Å². The normalized spacial score (nSPS) is 10.5. The molecule has 0 saturated heterocycles. The van der Waals surface area contributed by atoms with Crippen LogP contribution in [0.2, 0.25) is 0 Å². The summed E-state index contributed by atoms with van der Waals surface area (Å²) >= 11 is 0. The van der Waals surface area contributed by atoms with Gasteiger partial charge in [-0.2, -0.15) is 0 Å². The van der Waals surface area contributed by atoms with Crippen LogP contribution in [-0.4, -0.2) is 18.0 Å². The highest BCUT2D eigenvalue weighted by Gasteiger charge is 2.20. The Bertz CT molecular complexity index is 1090. The first-order chi connectivity index (χ1) is 15.2. The molecule has 5 nitrogen and oxygen atoms in total. The molecular weight excluding hydrogens is 386 g/mol. The predicted octanol–water partition coefficient (Wildman–Crippen LogP) is 5.35. The number of carbonyl (C=O) groups excluding carboxylic acids is 1. The Balaban J connectivity index is 1.61. The van der Waals surface area contributed by atoms with E-state index in [1.54, 1.807) is 25.4 Å². The Morgan fingerprint density at radius 2 is 1.42 bits per heavy atom. The molecule has 3 aromatic carbocycles. The number of hydrogen-bond donors (Lipinski definition) is 2. The zero-order valence-electron chi connectivity index (χ0n) is 17.2. The Kier molecular flexibility index (Phi) is 6.24. The quantitative estimate of drug-likeness (QED) is 0.432. The van der Waals surface area contributed by atoms with Crippen LogP contribution in [0.3, 0.4) is 0 Å². The van der Waals surface area contributed by atoms with Crippen LogP contribution in [0.4, 0.5) is 11.5 Å². The SMILES string of the molecule is COc1ccc(Nc2ncccc2C(=O)NC(c2ccccc2)c2ccccc2)cc1. The first-order valence-electron chi connectivity index (χ1n) is 10.0. The molecule has 0 saturated carbocycles. The van der Waals surface area contributed by atoms with E-state index in [4.69, 9.17) is 4.74 Å². The van der Waals surface area contributed by atoms with Gasteiger partial charge in [0.25, 0.3) is 5.91 Å². The number of amides is 1. The Hall–Kier alpha value is -4.12. The maximum absolute atomic E-state index is 13.3. The van der Waals surface area contributed by atoms with Crippen LogP contribution < -0.4 is 15.4 Å². The lowest BCUT2D eigenvalue weighted by atomic mass is 9.98. The molecule has 0 aliphatic heterocycles. The minimum atomic E-state index is -0.274. The van der Waals surface area contributed by atoms with E-state index in [9.17, 15) is 4.79 Å². The standard InChI is InChI=1S/C26H23N3O2/c1-31-22-16-14-21(15-17-22)28-25-23(13-8-18-27-25)26(30)29-24(19-9-4-2-5-10-19)20-11-6-3-7-12-20/h2-18,24H,1H3,(H,27,28)(H,29,30). The van der Waals surface area contributed by atoms with E-state index in [1.165, 1.54) is 0 Å². The van der Waals surface area contributed by atoms with E-state index in [0.29, 0.717) is 11.4 Å². The molecule has 4 rings (SSSR count). The number of aromatic nitrogens is 1. The van der Waals surface area contributed by atoms with Gasteiger partial charge in [0.15, 0.2) is 0 Å². The average molecular weight is 409 g/mol. The summed E-state index contributed by atoms with van der Waals surface area (Å²) < 4.78 is 5.20.